The first kappa shape index (κ1) is 15.2. The summed E-state index contributed by atoms with van der Waals surface area (Å²) in [5.74, 6) is 0.833. The Morgan fingerprint density at radius 2 is 1.95 bits per heavy atom. The van der Waals surface area contributed by atoms with Gasteiger partial charge in [-0.25, -0.2) is 0 Å². The zero-order valence-corrected chi connectivity index (χ0v) is 14.0. The molecule has 106 valence electrons. The van der Waals surface area contributed by atoms with Gasteiger partial charge in [-0.2, -0.15) is 0 Å². The number of benzene rings is 2. The Kier molecular flexibility index (Phi) is 4.95. The van der Waals surface area contributed by atoms with Crippen LogP contribution in [0.15, 0.2) is 40.9 Å². The predicted octanol–water partition coefficient (Wildman–Crippen LogP) is 5.59. The number of halogens is 2. The van der Waals surface area contributed by atoms with Gasteiger partial charge in [-0.05, 0) is 65.2 Å². The molecule has 2 aromatic carbocycles. The van der Waals surface area contributed by atoms with Crippen LogP contribution in [-0.2, 0) is 0 Å². The molecule has 4 heteroatoms. The SMILES string of the molecule is COc1ccc(C(C)Nc2cc(Cl)ccc2C)cc1Br. The van der Waals surface area contributed by atoms with Gasteiger partial charge in [-0.3, -0.25) is 0 Å². The zero-order chi connectivity index (χ0) is 14.7. The molecule has 0 bridgehead atoms. The van der Waals surface area contributed by atoms with Crippen LogP contribution >= 0.6 is 27.5 Å². The smallest absolute Gasteiger partial charge is 0.133 e. The Morgan fingerprint density at radius 3 is 2.60 bits per heavy atom. The third-order valence-corrected chi connectivity index (χ3v) is 4.10. The molecule has 0 aromatic heterocycles. The van der Waals surface area contributed by atoms with Crippen LogP contribution in [-0.4, -0.2) is 7.11 Å². The van der Waals surface area contributed by atoms with Crippen molar-refractivity contribution in [1.29, 1.82) is 0 Å². The summed E-state index contributed by atoms with van der Waals surface area (Å²) >= 11 is 9.56. The minimum Gasteiger partial charge on any atom is -0.496 e. The van der Waals surface area contributed by atoms with Gasteiger partial charge >= 0.3 is 0 Å². The third-order valence-electron chi connectivity index (χ3n) is 3.25. The van der Waals surface area contributed by atoms with E-state index in [9.17, 15) is 0 Å². The maximum absolute atomic E-state index is 6.05. The molecule has 0 aliphatic carbocycles. The highest BCUT2D eigenvalue weighted by Gasteiger charge is 2.10. The van der Waals surface area contributed by atoms with Crippen molar-refractivity contribution in [3.8, 4) is 5.75 Å². The fraction of sp³-hybridized carbons (Fsp3) is 0.250. The average molecular weight is 355 g/mol. The fourth-order valence-corrected chi connectivity index (χ4v) is 2.75. The molecule has 0 saturated heterocycles. The van der Waals surface area contributed by atoms with Crippen molar-refractivity contribution < 1.29 is 4.74 Å². The number of hydrogen-bond acceptors (Lipinski definition) is 2. The van der Waals surface area contributed by atoms with E-state index in [2.05, 4.69) is 47.2 Å². The minimum absolute atomic E-state index is 0.175. The molecule has 1 atom stereocenters. The van der Waals surface area contributed by atoms with E-state index in [4.69, 9.17) is 16.3 Å². The molecule has 0 aliphatic rings. The van der Waals surface area contributed by atoms with Crippen LogP contribution in [0.3, 0.4) is 0 Å². The molecular formula is C16H17BrClNO. The first-order chi connectivity index (χ1) is 9.51. The van der Waals surface area contributed by atoms with Crippen LogP contribution in [0.4, 0.5) is 5.69 Å². The monoisotopic (exact) mass is 353 g/mol. The summed E-state index contributed by atoms with van der Waals surface area (Å²) in [6.45, 7) is 4.18. The van der Waals surface area contributed by atoms with E-state index >= 15 is 0 Å². The second-order valence-electron chi connectivity index (χ2n) is 4.72. The van der Waals surface area contributed by atoms with Gasteiger partial charge in [0.25, 0.3) is 0 Å². The Balaban J connectivity index is 2.21. The van der Waals surface area contributed by atoms with Crippen LogP contribution in [0.25, 0.3) is 0 Å². The van der Waals surface area contributed by atoms with E-state index in [-0.39, 0.29) is 6.04 Å². The first-order valence-electron chi connectivity index (χ1n) is 6.37. The van der Waals surface area contributed by atoms with Crippen LogP contribution < -0.4 is 10.1 Å². The molecule has 0 amide bonds. The van der Waals surface area contributed by atoms with Crippen LogP contribution in [0.5, 0.6) is 5.75 Å². The lowest BCUT2D eigenvalue weighted by atomic mass is 10.1. The normalized spacial score (nSPS) is 12.1. The second kappa shape index (κ2) is 6.51. The van der Waals surface area contributed by atoms with Crippen molar-refractivity contribution in [3.63, 3.8) is 0 Å². The van der Waals surface area contributed by atoms with Crippen molar-refractivity contribution in [2.45, 2.75) is 19.9 Å². The lowest BCUT2D eigenvalue weighted by Crippen LogP contribution is -2.07. The number of aryl methyl sites for hydroxylation is 1. The Hall–Kier alpha value is -1.19. The van der Waals surface area contributed by atoms with Crippen molar-refractivity contribution in [2.24, 2.45) is 0 Å². The quantitative estimate of drug-likeness (QED) is 0.772. The highest BCUT2D eigenvalue weighted by atomic mass is 79.9. The van der Waals surface area contributed by atoms with Gasteiger partial charge in [-0.1, -0.05) is 23.7 Å². The first-order valence-corrected chi connectivity index (χ1v) is 7.54. The summed E-state index contributed by atoms with van der Waals surface area (Å²) in [6.07, 6.45) is 0. The topological polar surface area (TPSA) is 21.3 Å². The van der Waals surface area contributed by atoms with E-state index in [1.54, 1.807) is 7.11 Å². The molecule has 1 N–H and O–H groups in total. The van der Waals surface area contributed by atoms with Gasteiger partial charge in [0, 0.05) is 16.8 Å². The van der Waals surface area contributed by atoms with Crippen LogP contribution in [0.1, 0.15) is 24.1 Å². The molecule has 2 aromatic rings. The van der Waals surface area contributed by atoms with E-state index in [0.717, 1.165) is 20.9 Å². The largest absolute Gasteiger partial charge is 0.496 e. The Morgan fingerprint density at radius 1 is 1.20 bits per heavy atom. The van der Waals surface area contributed by atoms with E-state index in [1.807, 2.05) is 24.3 Å². The molecule has 0 heterocycles. The van der Waals surface area contributed by atoms with Gasteiger partial charge in [0.1, 0.15) is 5.75 Å². The third kappa shape index (κ3) is 3.47. The molecule has 0 fully saturated rings. The number of anilines is 1. The van der Waals surface area contributed by atoms with Crippen molar-refractivity contribution in [2.75, 3.05) is 12.4 Å². The molecule has 0 aliphatic heterocycles. The minimum atomic E-state index is 0.175. The van der Waals surface area contributed by atoms with E-state index in [1.165, 1.54) is 11.1 Å². The summed E-state index contributed by atoms with van der Waals surface area (Å²) in [7, 11) is 1.66. The average Bonchev–Trinajstić information content (AvgIpc) is 2.42. The zero-order valence-electron chi connectivity index (χ0n) is 11.7. The van der Waals surface area contributed by atoms with E-state index < -0.39 is 0 Å². The maximum atomic E-state index is 6.05. The van der Waals surface area contributed by atoms with E-state index in [0.29, 0.717) is 0 Å². The Labute approximate surface area is 133 Å². The predicted molar refractivity (Wildman–Crippen MR) is 88.9 cm³/mol. The number of hydrogen-bond donors (Lipinski definition) is 1. The molecule has 0 saturated carbocycles. The Bertz CT molecular complexity index is 615. The van der Waals surface area contributed by atoms with Gasteiger partial charge in [0.15, 0.2) is 0 Å². The van der Waals surface area contributed by atoms with Crippen molar-refractivity contribution in [3.05, 3.63) is 57.0 Å². The lowest BCUT2D eigenvalue weighted by molar-refractivity contribution is 0.412. The van der Waals surface area contributed by atoms with Gasteiger partial charge < -0.3 is 10.1 Å². The molecular weight excluding hydrogens is 338 g/mol. The second-order valence-corrected chi connectivity index (χ2v) is 6.01. The van der Waals surface area contributed by atoms with Crippen molar-refractivity contribution in [1.82, 2.24) is 0 Å². The molecule has 1 unspecified atom stereocenters. The van der Waals surface area contributed by atoms with Crippen molar-refractivity contribution >= 4 is 33.2 Å². The number of nitrogens with one attached hydrogen (secondary N) is 1. The summed E-state index contributed by atoms with van der Waals surface area (Å²) in [6, 6.07) is 12.1. The van der Waals surface area contributed by atoms with Gasteiger partial charge in [0.2, 0.25) is 0 Å². The van der Waals surface area contributed by atoms with Gasteiger partial charge in [-0.15, -0.1) is 0 Å². The summed E-state index contributed by atoms with van der Waals surface area (Å²) < 4.78 is 6.20. The molecule has 0 radical (unpaired) electrons. The molecule has 2 rings (SSSR count). The summed E-state index contributed by atoms with van der Waals surface area (Å²) in [5.41, 5.74) is 3.41. The standard InChI is InChI=1S/C16H17BrClNO/c1-10-4-6-13(18)9-15(10)19-11(2)12-5-7-16(20-3)14(17)8-12/h4-9,11,19H,1-3H3. The van der Waals surface area contributed by atoms with Crippen LogP contribution in [0, 0.1) is 6.92 Å². The number of ether oxygens (including phenoxy) is 1. The van der Waals surface area contributed by atoms with Gasteiger partial charge in [0.05, 0.1) is 11.6 Å². The maximum Gasteiger partial charge on any atom is 0.133 e. The summed E-state index contributed by atoms with van der Waals surface area (Å²) in [4.78, 5) is 0. The highest BCUT2D eigenvalue weighted by molar-refractivity contribution is 9.10. The fourth-order valence-electron chi connectivity index (χ4n) is 2.02. The molecule has 0 spiro atoms. The number of rotatable bonds is 4. The lowest BCUT2D eigenvalue weighted by Gasteiger charge is -2.18. The molecule has 2 nitrogen and oxygen atoms in total. The number of methoxy groups -OCH3 is 1. The highest BCUT2D eigenvalue weighted by Crippen LogP contribution is 2.30. The van der Waals surface area contributed by atoms with Crippen LogP contribution in [0.2, 0.25) is 5.02 Å². The summed E-state index contributed by atoms with van der Waals surface area (Å²) in [5, 5.41) is 4.22. The molecule has 20 heavy (non-hydrogen) atoms.